The summed E-state index contributed by atoms with van der Waals surface area (Å²) in [5.41, 5.74) is 1.34. The van der Waals surface area contributed by atoms with E-state index in [4.69, 9.17) is 4.74 Å². The summed E-state index contributed by atoms with van der Waals surface area (Å²) in [6.45, 7) is 7.95. The predicted molar refractivity (Wildman–Crippen MR) is 64.9 cm³/mol. The van der Waals surface area contributed by atoms with Gasteiger partial charge < -0.3 is 14.6 Å². The van der Waals surface area contributed by atoms with E-state index in [0.29, 0.717) is 5.75 Å². The molecule has 0 saturated heterocycles. The summed E-state index contributed by atoms with van der Waals surface area (Å²) in [4.78, 5) is 10.5. The lowest BCUT2D eigenvalue weighted by atomic mass is 9.82. The quantitative estimate of drug-likeness (QED) is 0.783. The molecule has 0 aliphatic carbocycles. The van der Waals surface area contributed by atoms with Crippen molar-refractivity contribution in [3.05, 3.63) is 29.8 Å². The molecule has 1 aromatic carbocycles. The van der Waals surface area contributed by atoms with Crippen molar-refractivity contribution >= 4 is 5.97 Å². The topological polar surface area (TPSA) is 49.4 Å². The van der Waals surface area contributed by atoms with Gasteiger partial charge in [0.05, 0.1) is 5.97 Å². The van der Waals surface area contributed by atoms with E-state index in [9.17, 15) is 9.90 Å². The zero-order valence-electron chi connectivity index (χ0n) is 10.8. The molecule has 0 aliphatic heterocycles. The van der Waals surface area contributed by atoms with Crippen LogP contribution in [-0.4, -0.2) is 12.1 Å². The summed E-state index contributed by atoms with van der Waals surface area (Å²) in [5, 5.41) is 10.5. The van der Waals surface area contributed by atoms with Crippen LogP contribution in [0, 0.1) is 0 Å². The van der Waals surface area contributed by atoms with Crippen molar-refractivity contribution in [2.24, 2.45) is 0 Å². The predicted octanol–water partition coefficient (Wildman–Crippen LogP) is 1.89. The van der Waals surface area contributed by atoms with E-state index >= 15 is 0 Å². The second-order valence-electron chi connectivity index (χ2n) is 4.84. The van der Waals surface area contributed by atoms with Crippen molar-refractivity contribution in [3.63, 3.8) is 0 Å². The summed E-state index contributed by atoms with van der Waals surface area (Å²) in [7, 11) is 0. The molecule has 0 bridgehead atoms. The summed E-state index contributed by atoms with van der Waals surface area (Å²) in [5.74, 6) is -0.652. The van der Waals surface area contributed by atoms with Crippen LogP contribution in [0.15, 0.2) is 24.3 Å². The van der Waals surface area contributed by atoms with E-state index in [-0.39, 0.29) is 5.41 Å². The van der Waals surface area contributed by atoms with Crippen molar-refractivity contribution in [1.29, 1.82) is 0 Å². The number of carboxylic acid groups (broad SMARTS) is 1. The van der Waals surface area contributed by atoms with Crippen molar-refractivity contribution < 1.29 is 14.6 Å². The Labute approximate surface area is 102 Å². The molecule has 0 spiro atoms. The molecule has 1 atom stereocenters. The molecule has 1 rings (SSSR count). The molecular weight excluding hydrogens is 216 g/mol. The zero-order chi connectivity index (χ0) is 13.1. The number of carbonyl (C=O) groups excluding carboxylic acids is 1. The van der Waals surface area contributed by atoms with Crippen LogP contribution in [-0.2, 0) is 10.2 Å². The Hall–Kier alpha value is -1.51. The first-order valence-electron chi connectivity index (χ1n) is 5.85. The largest absolute Gasteiger partial charge is 0.546 e. The van der Waals surface area contributed by atoms with Crippen LogP contribution in [0.5, 0.6) is 5.75 Å². The lowest BCUT2D eigenvalue weighted by Gasteiger charge is -2.24. The molecule has 0 unspecified atom stereocenters. The van der Waals surface area contributed by atoms with Crippen LogP contribution < -0.4 is 9.84 Å². The molecule has 0 aromatic heterocycles. The molecule has 0 saturated carbocycles. The fourth-order valence-electron chi connectivity index (χ4n) is 1.44. The second-order valence-corrected chi connectivity index (χ2v) is 4.84. The highest BCUT2D eigenvalue weighted by molar-refractivity contribution is 5.69. The summed E-state index contributed by atoms with van der Waals surface area (Å²) >= 11 is 0. The average Bonchev–Trinajstić information content (AvgIpc) is 2.29. The van der Waals surface area contributed by atoms with E-state index in [1.165, 1.54) is 12.5 Å². The lowest BCUT2D eigenvalue weighted by Crippen LogP contribution is -2.37. The fourth-order valence-corrected chi connectivity index (χ4v) is 1.44. The Balaban J connectivity index is 2.78. The van der Waals surface area contributed by atoms with Gasteiger partial charge in [-0.25, -0.2) is 0 Å². The Bertz CT molecular complexity index is 379. The van der Waals surface area contributed by atoms with Crippen LogP contribution in [0.4, 0.5) is 0 Å². The minimum Gasteiger partial charge on any atom is -0.546 e. The number of carbonyl (C=O) groups is 1. The molecule has 0 radical (unpaired) electrons. The number of hydrogen-bond acceptors (Lipinski definition) is 3. The van der Waals surface area contributed by atoms with Crippen LogP contribution >= 0.6 is 0 Å². The van der Waals surface area contributed by atoms with E-state index < -0.39 is 12.1 Å². The van der Waals surface area contributed by atoms with Gasteiger partial charge in [-0.05, 0) is 36.5 Å². The van der Waals surface area contributed by atoms with Crippen LogP contribution in [0.3, 0.4) is 0 Å². The van der Waals surface area contributed by atoms with Gasteiger partial charge in [-0.15, -0.1) is 0 Å². The van der Waals surface area contributed by atoms with Gasteiger partial charge in [0.15, 0.2) is 0 Å². The maximum Gasteiger partial charge on any atom is 0.135 e. The van der Waals surface area contributed by atoms with E-state index in [2.05, 4.69) is 20.8 Å². The second kappa shape index (κ2) is 5.21. The number of hydrogen-bond donors (Lipinski definition) is 0. The normalized spacial score (nSPS) is 13.2. The highest BCUT2D eigenvalue weighted by atomic mass is 16.5. The molecule has 3 nitrogen and oxygen atoms in total. The molecule has 0 heterocycles. The van der Waals surface area contributed by atoms with Gasteiger partial charge in [0.25, 0.3) is 0 Å². The summed E-state index contributed by atoms with van der Waals surface area (Å²) in [6.07, 6.45) is 0.114. The third-order valence-electron chi connectivity index (χ3n) is 3.16. The molecular formula is C14H19O3-. The first-order chi connectivity index (χ1) is 7.86. The highest BCUT2D eigenvalue weighted by Gasteiger charge is 2.17. The number of rotatable bonds is 5. The summed E-state index contributed by atoms with van der Waals surface area (Å²) < 4.78 is 5.22. The van der Waals surface area contributed by atoms with Gasteiger partial charge in [-0.2, -0.15) is 0 Å². The van der Waals surface area contributed by atoms with Crippen molar-refractivity contribution in [3.8, 4) is 5.75 Å². The zero-order valence-corrected chi connectivity index (χ0v) is 10.8. The Morgan fingerprint density at radius 1 is 1.35 bits per heavy atom. The van der Waals surface area contributed by atoms with Gasteiger partial charge in [0.1, 0.15) is 11.9 Å². The Morgan fingerprint density at radius 2 is 1.88 bits per heavy atom. The number of ether oxygens (including phenoxy) is 1. The highest BCUT2D eigenvalue weighted by Crippen LogP contribution is 2.28. The smallest absolute Gasteiger partial charge is 0.135 e. The van der Waals surface area contributed by atoms with Gasteiger partial charge in [0.2, 0.25) is 0 Å². The molecule has 94 valence electrons. The fraction of sp³-hybridized carbons (Fsp3) is 0.500. The minimum absolute atomic E-state index is 0.124. The molecule has 0 aliphatic rings. The van der Waals surface area contributed by atoms with Crippen molar-refractivity contribution in [1.82, 2.24) is 0 Å². The molecule has 3 heteroatoms. The molecule has 0 amide bonds. The third kappa shape index (κ3) is 3.48. The molecule has 1 aromatic rings. The van der Waals surface area contributed by atoms with Crippen LogP contribution in [0.25, 0.3) is 0 Å². The number of benzene rings is 1. The third-order valence-corrected chi connectivity index (χ3v) is 3.16. The van der Waals surface area contributed by atoms with Gasteiger partial charge in [-0.3, -0.25) is 0 Å². The minimum atomic E-state index is -1.21. The SMILES string of the molecule is CCC(C)(C)c1ccc(O[C@@H](C)C(=O)[O-])cc1. The molecule has 0 fully saturated rings. The Kier molecular flexibility index (Phi) is 4.16. The summed E-state index contributed by atoms with van der Waals surface area (Å²) in [6, 6.07) is 7.54. The van der Waals surface area contributed by atoms with Crippen LogP contribution in [0.1, 0.15) is 39.7 Å². The molecule has 17 heavy (non-hydrogen) atoms. The van der Waals surface area contributed by atoms with Crippen molar-refractivity contribution in [2.75, 3.05) is 0 Å². The monoisotopic (exact) mass is 235 g/mol. The van der Waals surface area contributed by atoms with E-state index in [1.54, 1.807) is 12.1 Å². The van der Waals surface area contributed by atoms with Gasteiger partial charge in [0, 0.05) is 0 Å². The lowest BCUT2D eigenvalue weighted by molar-refractivity contribution is -0.312. The first-order valence-corrected chi connectivity index (χ1v) is 5.85. The van der Waals surface area contributed by atoms with Gasteiger partial charge >= 0.3 is 0 Å². The molecule has 0 N–H and O–H groups in total. The maximum absolute atomic E-state index is 10.5. The van der Waals surface area contributed by atoms with Gasteiger partial charge in [-0.1, -0.05) is 32.9 Å². The average molecular weight is 235 g/mol. The van der Waals surface area contributed by atoms with Crippen LogP contribution in [0.2, 0.25) is 0 Å². The first kappa shape index (κ1) is 13.6. The van der Waals surface area contributed by atoms with E-state index in [0.717, 1.165) is 6.42 Å². The maximum atomic E-state index is 10.5. The Morgan fingerprint density at radius 3 is 2.29 bits per heavy atom. The standard InChI is InChI=1S/C14H20O3/c1-5-14(3,4)11-6-8-12(9-7-11)17-10(2)13(15)16/h6-10H,5H2,1-4H3,(H,15,16)/p-1/t10-/m0/s1. The number of aliphatic carboxylic acids is 1. The van der Waals surface area contributed by atoms with E-state index in [1.807, 2.05) is 12.1 Å². The number of carboxylic acids is 1. The van der Waals surface area contributed by atoms with Crippen molar-refractivity contribution in [2.45, 2.75) is 45.6 Å².